The lowest BCUT2D eigenvalue weighted by molar-refractivity contribution is -0.138. The Bertz CT molecular complexity index is 3130. The standard InChI is InChI=1S/C11H22N2O.C11H19NO2.C11H21NO2.C11H21NO.C10H13NO.C9H17NO.C9H11NO.2C8H15NO2.C8H15NO/c1-9(2)11(14)13(4)10-5-7-12(3)8-6-10;1-9(2)10(13)5-3-7-12-8-4-6-11(12)14;1-10(2)11(13)4-3-5-12-6-8-14-9-7-12;1-10(2)11(13)6-5-9-12-7-3-4-8-12;1-8(2)10(12)7-9-3-5-11-6-4-9;1-7(2)9(11)5-8-3-4-10-6-8;1-7(2)9(11)8-4-3-5-10-6-8;1-7(2)8(10)9-3-5-11-6-4-9;1-6(2)8(10)7-5-9-3-4-11-7;1-6(2)8(10)3-7-4-9-5-7/h9-10H,5-8H2,1-4H3;9H,3-8H2,1-2H3;10H,3-9H2,1-2H3;10H,3-9H2,1-2H3;3-6,8H,7H2,1-2H3;7-8,10H,3-6H2,1-2H3;3-7H,1-2H3;7H,3-6H2,1-2H3;6-7,9H,3-5H2,1-2H3;6-7,9H,3-5H2,1-2H3. The van der Waals surface area contributed by atoms with E-state index in [4.69, 9.17) is 14.2 Å². The first-order valence-corrected chi connectivity index (χ1v) is 46.2. The number of amides is 3. The van der Waals surface area contributed by atoms with Crippen LogP contribution in [0.2, 0.25) is 0 Å². The molecule has 0 spiro atoms. The van der Waals surface area contributed by atoms with Crippen LogP contribution in [0.1, 0.15) is 251 Å². The number of aromatic nitrogens is 2. The lowest BCUT2D eigenvalue weighted by Crippen LogP contribution is -2.45. The zero-order chi connectivity index (χ0) is 90.9. The van der Waals surface area contributed by atoms with Crippen LogP contribution in [0.25, 0.3) is 0 Å². The molecule has 8 saturated heterocycles. The minimum atomic E-state index is -0.205. The van der Waals surface area contributed by atoms with Crippen molar-refractivity contribution in [2.24, 2.45) is 71.0 Å². The summed E-state index contributed by atoms with van der Waals surface area (Å²) >= 11 is 0. The summed E-state index contributed by atoms with van der Waals surface area (Å²) in [6.45, 7) is 60.4. The minimum Gasteiger partial charge on any atom is -0.379 e. The summed E-state index contributed by atoms with van der Waals surface area (Å²) in [4.78, 5) is 145. The number of morpholine rings is 3. The Balaban J connectivity index is 0.000000673. The predicted molar refractivity (Wildman–Crippen MR) is 486 cm³/mol. The third kappa shape index (κ3) is 52.9. The van der Waals surface area contributed by atoms with E-state index in [0.717, 1.165) is 181 Å². The molecule has 25 nitrogen and oxygen atoms in total. The fourth-order valence-corrected chi connectivity index (χ4v) is 13.4. The van der Waals surface area contributed by atoms with Gasteiger partial charge in [0.2, 0.25) is 17.7 Å². The molecule has 3 amide bonds. The van der Waals surface area contributed by atoms with Gasteiger partial charge in [0, 0.05) is 200 Å². The summed E-state index contributed by atoms with van der Waals surface area (Å²) in [7, 11) is 4.08. The zero-order valence-corrected chi connectivity index (χ0v) is 79.6. The van der Waals surface area contributed by atoms with Gasteiger partial charge in [0.15, 0.2) is 11.6 Å². The Labute approximate surface area is 732 Å². The fraction of sp³-hybridized carbons (Fsp3) is 0.781. The molecule has 0 aliphatic carbocycles. The molecule has 2 aromatic rings. The molecule has 121 heavy (non-hydrogen) atoms. The van der Waals surface area contributed by atoms with Crippen molar-refractivity contribution in [1.82, 2.24) is 55.3 Å². The van der Waals surface area contributed by atoms with Crippen LogP contribution in [-0.2, 0) is 68.6 Å². The molecule has 2 atom stereocenters. The monoisotopic (exact) mass is 1700 g/mol. The summed E-state index contributed by atoms with van der Waals surface area (Å²) in [5, 5.41) is 9.54. The summed E-state index contributed by atoms with van der Waals surface area (Å²) in [5.41, 5.74) is 1.74. The van der Waals surface area contributed by atoms with Crippen molar-refractivity contribution in [3.8, 4) is 0 Å². The molecule has 10 rings (SSSR count). The van der Waals surface area contributed by atoms with Crippen LogP contribution in [0.5, 0.6) is 0 Å². The van der Waals surface area contributed by atoms with Gasteiger partial charge in [-0.3, -0.25) is 67.6 Å². The highest BCUT2D eigenvalue weighted by atomic mass is 16.5. The van der Waals surface area contributed by atoms with Crippen molar-refractivity contribution in [3.63, 3.8) is 0 Å². The molecule has 8 aliphatic rings. The number of carbonyl (C=O) groups excluding carboxylic acids is 11. The molecule has 0 radical (unpaired) electrons. The normalized spacial score (nSPS) is 18.2. The van der Waals surface area contributed by atoms with Crippen molar-refractivity contribution in [2.45, 2.75) is 253 Å². The van der Waals surface area contributed by atoms with Gasteiger partial charge in [0.05, 0.1) is 33.0 Å². The molecule has 0 aromatic carbocycles. The maximum absolute atomic E-state index is 11.7. The molecule has 10 heterocycles. The quantitative estimate of drug-likeness (QED) is 0.0591. The van der Waals surface area contributed by atoms with Crippen LogP contribution in [-0.4, -0.2) is 280 Å². The number of likely N-dealkylation sites (tertiary alicyclic amines) is 3. The van der Waals surface area contributed by atoms with Crippen LogP contribution in [0.15, 0.2) is 49.1 Å². The summed E-state index contributed by atoms with van der Waals surface area (Å²) in [6, 6.07) is 7.77. The smallest absolute Gasteiger partial charge is 0.225 e. The second-order valence-electron chi connectivity index (χ2n) is 36.5. The van der Waals surface area contributed by atoms with Gasteiger partial charge in [0.25, 0.3) is 0 Å². The average molecular weight is 1700 g/mol. The van der Waals surface area contributed by atoms with Gasteiger partial charge in [-0.2, -0.15) is 0 Å². The Kier molecular flexibility index (Phi) is 61.7. The summed E-state index contributed by atoms with van der Waals surface area (Å²) in [6.07, 6.45) is 21.3. The number of carbonyl (C=O) groups is 11. The van der Waals surface area contributed by atoms with E-state index in [1.165, 1.54) is 32.4 Å². The van der Waals surface area contributed by atoms with Crippen molar-refractivity contribution in [1.29, 1.82) is 0 Å². The second-order valence-corrected chi connectivity index (χ2v) is 36.5. The molecule has 25 heteroatoms. The third-order valence-corrected chi connectivity index (χ3v) is 22.3. The SMILES string of the molecule is CC(C)C(=O)C1CNCCO1.CC(C)C(=O)CC1CCNC1.CC(C)C(=O)CC1CNC1.CC(C)C(=O)CCCN1CCCC1.CC(C)C(=O)CCCN1CCCC1=O.CC(C)C(=O)CCCN1CCOCC1.CC(C)C(=O)Cc1ccncc1.CC(C)C(=O)N(C)C1CCN(C)CC1.CC(C)C(=O)N1CCOCC1.CC(C)C(=O)c1cccnc1. The van der Waals surface area contributed by atoms with Crippen molar-refractivity contribution in [3.05, 3.63) is 60.2 Å². The summed E-state index contributed by atoms with van der Waals surface area (Å²) in [5.74, 6) is 6.08. The van der Waals surface area contributed by atoms with Gasteiger partial charge in [0.1, 0.15) is 40.8 Å². The maximum Gasteiger partial charge on any atom is 0.225 e. The second kappa shape index (κ2) is 66.2. The number of nitrogens with zero attached hydrogens (tertiary/aromatic N) is 8. The van der Waals surface area contributed by atoms with Gasteiger partial charge in [-0.25, -0.2) is 0 Å². The molecule has 0 saturated carbocycles. The largest absolute Gasteiger partial charge is 0.379 e. The highest BCUT2D eigenvalue weighted by molar-refractivity contribution is 5.97. The molecule has 0 bridgehead atoms. The van der Waals surface area contributed by atoms with Crippen LogP contribution in [0, 0.1) is 71.0 Å². The zero-order valence-electron chi connectivity index (χ0n) is 79.6. The Morgan fingerprint density at radius 1 is 0.463 bits per heavy atom. The Hall–Kier alpha value is -6.29. The molecule has 2 aromatic heterocycles. The van der Waals surface area contributed by atoms with E-state index in [1.54, 1.807) is 36.9 Å². The lowest BCUT2D eigenvalue weighted by Gasteiger charge is -2.35. The lowest BCUT2D eigenvalue weighted by atomic mass is 9.92. The van der Waals surface area contributed by atoms with Crippen molar-refractivity contribution >= 4 is 64.0 Å². The molecular weight excluding hydrogens is 1530 g/mol. The fourth-order valence-electron chi connectivity index (χ4n) is 13.4. The number of ketones is 8. The molecule has 8 aliphatic heterocycles. The van der Waals surface area contributed by atoms with E-state index in [9.17, 15) is 52.7 Å². The number of piperidine rings is 1. The molecule has 3 N–H and O–H groups in total. The van der Waals surface area contributed by atoms with Crippen LogP contribution < -0.4 is 16.0 Å². The first kappa shape index (κ1) is 113. The van der Waals surface area contributed by atoms with Gasteiger partial charge in [-0.1, -0.05) is 138 Å². The van der Waals surface area contributed by atoms with E-state index in [-0.39, 0.29) is 100 Å². The van der Waals surface area contributed by atoms with E-state index < -0.39 is 0 Å². The number of rotatable bonds is 31. The number of pyridine rings is 2. The van der Waals surface area contributed by atoms with Gasteiger partial charge >= 0.3 is 0 Å². The van der Waals surface area contributed by atoms with Crippen LogP contribution in [0.3, 0.4) is 0 Å². The van der Waals surface area contributed by atoms with Crippen LogP contribution in [0.4, 0.5) is 0 Å². The van der Waals surface area contributed by atoms with Crippen LogP contribution >= 0.6 is 0 Å². The van der Waals surface area contributed by atoms with E-state index in [2.05, 4.69) is 47.7 Å². The first-order valence-electron chi connectivity index (χ1n) is 46.2. The molecule has 8 fully saturated rings. The number of hydrogen-bond donors (Lipinski definition) is 3. The van der Waals surface area contributed by atoms with Gasteiger partial charge < -0.3 is 54.7 Å². The maximum atomic E-state index is 11.7. The Morgan fingerprint density at radius 3 is 1.35 bits per heavy atom. The van der Waals surface area contributed by atoms with E-state index in [1.807, 2.05) is 172 Å². The number of Topliss-reactive ketones (excluding diaryl/α,β-unsaturated/α-hetero) is 8. The minimum absolute atomic E-state index is 0.0548. The molecule has 2 unspecified atom stereocenters. The Morgan fingerprint density at radius 2 is 0.942 bits per heavy atom. The first-order chi connectivity index (χ1) is 57.3. The third-order valence-electron chi connectivity index (χ3n) is 22.3. The molecule has 692 valence electrons. The van der Waals surface area contributed by atoms with Gasteiger partial charge in [-0.15, -0.1) is 0 Å². The van der Waals surface area contributed by atoms with Gasteiger partial charge in [-0.05, 0) is 172 Å². The molecular formula is C96H169N11O14. The predicted octanol–water partition coefficient (Wildman–Crippen LogP) is 12.7. The number of nitrogens with one attached hydrogen (secondary N) is 3. The highest BCUT2D eigenvalue weighted by Crippen LogP contribution is 2.20. The topological polar surface area (TPSA) is 297 Å². The van der Waals surface area contributed by atoms with Crippen molar-refractivity contribution in [2.75, 3.05) is 165 Å². The average Bonchev–Trinajstić information content (AvgIpc) is 1.78. The highest BCUT2D eigenvalue weighted by Gasteiger charge is 2.28. The number of ether oxygens (including phenoxy) is 3. The summed E-state index contributed by atoms with van der Waals surface area (Å²) < 4.78 is 15.7. The van der Waals surface area contributed by atoms with E-state index >= 15 is 0 Å². The van der Waals surface area contributed by atoms with E-state index in [0.29, 0.717) is 98.0 Å². The number of hydrogen-bond acceptors (Lipinski definition) is 22. The van der Waals surface area contributed by atoms with Crippen molar-refractivity contribution < 1.29 is 67.0 Å².